The first-order valence-electron chi connectivity index (χ1n) is 7.11. The van der Waals surface area contributed by atoms with Gasteiger partial charge in [-0.25, -0.2) is 4.98 Å². The average molecular weight is 265 g/mol. The molecule has 0 aromatic carbocycles. The van der Waals surface area contributed by atoms with Gasteiger partial charge in [0.15, 0.2) is 5.82 Å². The summed E-state index contributed by atoms with van der Waals surface area (Å²) in [6.45, 7) is 5.57. The van der Waals surface area contributed by atoms with E-state index in [0.29, 0.717) is 11.9 Å². The third kappa shape index (κ3) is 3.80. The van der Waals surface area contributed by atoms with E-state index in [4.69, 9.17) is 4.74 Å². The van der Waals surface area contributed by atoms with E-state index in [1.165, 1.54) is 12.8 Å². The van der Waals surface area contributed by atoms with E-state index in [1.807, 2.05) is 13.8 Å². The Morgan fingerprint density at radius 2 is 2.37 bits per heavy atom. The molecule has 5 heteroatoms. The summed E-state index contributed by atoms with van der Waals surface area (Å²) in [7, 11) is 0. The Kier molecular flexibility index (Phi) is 4.96. The molecule has 0 radical (unpaired) electrons. The molecule has 1 aromatic rings. The van der Waals surface area contributed by atoms with Crippen LogP contribution in [0.1, 0.15) is 45.6 Å². The lowest BCUT2D eigenvalue weighted by Crippen LogP contribution is -2.27. The number of hydrogen-bond donors (Lipinski definition) is 1. The van der Waals surface area contributed by atoms with Gasteiger partial charge in [0.1, 0.15) is 0 Å². The van der Waals surface area contributed by atoms with Crippen molar-refractivity contribution in [1.29, 1.82) is 0 Å². The summed E-state index contributed by atoms with van der Waals surface area (Å²) < 4.78 is 7.35. The number of hydrogen-bond acceptors (Lipinski definition) is 4. The second-order valence-corrected chi connectivity index (χ2v) is 5.29. The van der Waals surface area contributed by atoms with Crippen molar-refractivity contribution in [2.75, 3.05) is 18.5 Å². The van der Waals surface area contributed by atoms with Crippen LogP contribution in [0.5, 0.6) is 0 Å². The van der Waals surface area contributed by atoms with E-state index in [0.717, 1.165) is 26.0 Å². The predicted molar refractivity (Wildman–Crippen MR) is 75.6 cm³/mol. The van der Waals surface area contributed by atoms with Crippen LogP contribution in [0.2, 0.25) is 0 Å². The lowest BCUT2D eigenvalue weighted by molar-refractivity contribution is 0.0134. The van der Waals surface area contributed by atoms with E-state index in [-0.39, 0.29) is 11.6 Å². The van der Waals surface area contributed by atoms with Gasteiger partial charge in [-0.1, -0.05) is 0 Å². The van der Waals surface area contributed by atoms with Gasteiger partial charge in [-0.15, -0.1) is 0 Å². The molecule has 106 valence electrons. The molecule has 19 heavy (non-hydrogen) atoms. The Balaban J connectivity index is 1.89. The molecule has 1 aliphatic heterocycles. The van der Waals surface area contributed by atoms with Crippen LogP contribution in [-0.2, 0) is 4.74 Å². The molecule has 0 spiro atoms. The van der Waals surface area contributed by atoms with Gasteiger partial charge in [-0.05, 0) is 39.5 Å². The fourth-order valence-corrected chi connectivity index (χ4v) is 2.34. The molecular weight excluding hydrogens is 242 g/mol. The van der Waals surface area contributed by atoms with Crippen LogP contribution in [0.25, 0.3) is 0 Å². The van der Waals surface area contributed by atoms with Crippen LogP contribution >= 0.6 is 0 Å². The quantitative estimate of drug-likeness (QED) is 0.886. The highest BCUT2D eigenvalue weighted by Crippen LogP contribution is 2.15. The molecule has 1 unspecified atom stereocenters. The summed E-state index contributed by atoms with van der Waals surface area (Å²) in [6, 6.07) is 0.151. The minimum atomic E-state index is -0.0536. The lowest BCUT2D eigenvalue weighted by atomic mass is 10.1. The molecule has 1 fully saturated rings. The molecule has 1 N–H and O–H groups in total. The summed E-state index contributed by atoms with van der Waals surface area (Å²) in [5.74, 6) is 0.437. The SMILES string of the molecule is CC(C)n1ccnc(NCCC2CCCCO2)c1=O. The number of ether oxygens (including phenoxy) is 1. The van der Waals surface area contributed by atoms with Crippen LogP contribution < -0.4 is 10.9 Å². The van der Waals surface area contributed by atoms with Crippen molar-refractivity contribution in [2.24, 2.45) is 0 Å². The third-order valence-corrected chi connectivity index (χ3v) is 3.46. The molecular formula is C14H23N3O2. The normalized spacial score (nSPS) is 19.6. The fraction of sp³-hybridized carbons (Fsp3) is 0.714. The maximum Gasteiger partial charge on any atom is 0.293 e. The number of nitrogens with one attached hydrogen (secondary N) is 1. The van der Waals surface area contributed by atoms with E-state index in [1.54, 1.807) is 17.0 Å². The highest BCUT2D eigenvalue weighted by Gasteiger charge is 2.13. The molecule has 0 aliphatic carbocycles. The first-order chi connectivity index (χ1) is 9.18. The fourth-order valence-electron chi connectivity index (χ4n) is 2.34. The van der Waals surface area contributed by atoms with Crippen molar-refractivity contribution < 1.29 is 4.74 Å². The molecule has 5 nitrogen and oxygen atoms in total. The van der Waals surface area contributed by atoms with Gasteiger partial charge in [-0.2, -0.15) is 0 Å². The Morgan fingerprint density at radius 1 is 1.53 bits per heavy atom. The highest BCUT2D eigenvalue weighted by molar-refractivity contribution is 5.30. The topological polar surface area (TPSA) is 56.1 Å². The van der Waals surface area contributed by atoms with Crippen molar-refractivity contribution in [3.8, 4) is 0 Å². The van der Waals surface area contributed by atoms with Crippen LogP contribution in [-0.4, -0.2) is 28.8 Å². The van der Waals surface area contributed by atoms with Gasteiger partial charge in [0.25, 0.3) is 5.56 Å². The van der Waals surface area contributed by atoms with Crippen molar-refractivity contribution in [2.45, 2.75) is 51.7 Å². The molecule has 1 saturated heterocycles. The van der Waals surface area contributed by atoms with Gasteiger partial charge < -0.3 is 14.6 Å². The maximum absolute atomic E-state index is 12.1. The van der Waals surface area contributed by atoms with Crippen LogP contribution in [0.15, 0.2) is 17.2 Å². The molecule has 1 aromatic heterocycles. The van der Waals surface area contributed by atoms with Gasteiger partial charge in [0, 0.05) is 31.6 Å². The highest BCUT2D eigenvalue weighted by atomic mass is 16.5. The maximum atomic E-state index is 12.1. The molecule has 1 aliphatic rings. The van der Waals surface area contributed by atoms with Crippen molar-refractivity contribution in [3.63, 3.8) is 0 Å². The minimum absolute atomic E-state index is 0.0536. The number of aromatic nitrogens is 2. The summed E-state index contributed by atoms with van der Waals surface area (Å²) in [4.78, 5) is 16.2. The summed E-state index contributed by atoms with van der Waals surface area (Å²) in [6.07, 6.45) is 8.19. The molecule has 0 saturated carbocycles. The van der Waals surface area contributed by atoms with E-state index in [2.05, 4.69) is 10.3 Å². The zero-order chi connectivity index (χ0) is 13.7. The van der Waals surface area contributed by atoms with Crippen molar-refractivity contribution in [3.05, 3.63) is 22.7 Å². The minimum Gasteiger partial charge on any atom is -0.378 e. The zero-order valence-electron chi connectivity index (χ0n) is 11.8. The van der Waals surface area contributed by atoms with Gasteiger partial charge >= 0.3 is 0 Å². The van der Waals surface area contributed by atoms with E-state index < -0.39 is 0 Å². The third-order valence-electron chi connectivity index (χ3n) is 3.46. The van der Waals surface area contributed by atoms with Crippen LogP contribution in [0, 0.1) is 0 Å². The summed E-state index contributed by atoms with van der Waals surface area (Å²) >= 11 is 0. The second kappa shape index (κ2) is 6.70. The smallest absolute Gasteiger partial charge is 0.293 e. The Hall–Kier alpha value is -1.36. The summed E-state index contributed by atoms with van der Waals surface area (Å²) in [5.41, 5.74) is -0.0536. The Labute approximate surface area is 114 Å². The Bertz CT molecular complexity index is 450. The van der Waals surface area contributed by atoms with Crippen LogP contribution in [0.3, 0.4) is 0 Å². The molecule has 0 amide bonds. The van der Waals surface area contributed by atoms with Crippen molar-refractivity contribution >= 4 is 5.82 Å². The van der Waals surface area contributed by atoms with Crippen molar-refractivity contribution in [1.82, 2.24) is 9.55 Å². The van der Waals surface area contributed by atoms with Gasteiger partial charge in [0.05, 0.1) is 6.10 Å². The standard InChI is InChI=1S/C14H23N3O2/c1-11(2)17-9-8-16-13(14(17)18)15-7-6-12-5-3-4-10-19-12/h8-9,11-12H,3-7,10H2,1-2H3,(H,15,16). The molecule has 2 heterocycles. The average Bonchev–Trinajstić information content (AvgIpc) is 2.41. The zero-order valence-corrected chi connectivity index (χ0v) is 11.8. The predicted octanol–water partition coefficient (Wildman–Crippen LogP) is 2.20. The lowest BCUT2D eigenvalue weighted by Gasteiger charge is -2.22. The monoisotopic (exact) mass is 265 g/mol. The Morgan fingerprint density at radius 3 is 3.05 bits per heavy atom. The number of rotatable bonds is 5. The number of nitrogens with zero attached hydrogens (tertiary/aromatic N) is 2. The molecule has 0 bridgehead atoms. The number of anilines is 1. The van der Waals surface area contributed by atoms with Gasteiger partial charge in [0.2, 0.25) is 0 Å². The van der Waals surface area contributed by atoms with Gasteiger partial charge in [-0.3, -0.25) is 4.79 Å². The van der Waals surface area contributed by atoms with E-state index in [9.17, 15) is 4.79 Å². The van der Waals surface area contributed by atoms with Crippen LogP contribution in [0.4, 0.5) is 5.82 Å². The molecule has 2 rings (SSSR count). The second-order valence-electron chi connectivity index (χ2n) is 5.29. The summed E-state index contributed by atoms with van der Waals surface area (Å²) in [5, 5.41) is 3.13. The largest absolute Gasteiger partial charge is 0.378 e. The first-order valence-corrected chi connectivity index (χ1v) is 7.11. The van der Waals surface area contributed by atoms with E-state index >= 15 is 0 Å². The molecule has 1 atom stereocenters. The first kappa shape index (κ1) is 14.1.